The molecule has 1 atom stereocenters. The van der Waals surface area contributed by atoms with Gasteiger partial charge in [-0.15, -0.1) is 0 Å². The molecule has 0 N–H and O–H groups in total. The van der Waals surface area contributed by atoms with Crippen LogP contribution in [0.4, 0.5) is 0 Å². The van der Waals surface area contributed by atoms with Crippen LogP contribution in [-0.2, 0) is 0 Å². The first-order valence-electron chi connectivity index (χ1n) is 6.42. The second kappa shape index (κ2) is 6.64. The molecule has 1 saturated heterocycles. The van der Waals surface area contributed by atoms with Crippen LogP contribution in [0.15, 0.2) is 12.1 Å². The summed E-state index contributed by atoms with van der Waals surface area (Å²) >= 11 is 12.3. The van der Waals surface area contributed by atoms with Crippen molar-refractivity contribution < 1.29 is 4.74 Å². The fourth-order valence-electron chi connectivity index (χ4n) is 2.38. The maximum Gasteiger partial charge on any atom is 0.156 e. The standard InChI is InChI=1S/C14H17Cl2N3O/c1-18-3-5-19(6-4-18)13(9-17)10-7-11(15)14(20-2)12(16)8-10/h7-8,13H,3-6H2,1-2H3. The number of hydrogen-bond donors (Lipinski definition) is 0. The SMILES string of the molecule is COc1c(Cl)cc(C(C#N)N2CCN(C)CC2)cc1Cl. The van der Waals surface area contributed by atoms with Gasteiger partial charge in [0.05, 0.1) is 23.2 Å². The molecule has 4 nitrogen and oxygen atoms in total. The molecule has 1 heterocycles. The summed E-state index contributed by atoms with van der Waals surface area (Å²) in [4.78, 5) is 4.40. The summed E-state index contributed by atoms with van der Waals surface area (Å²) in [5.41, 5.74) is 0.813. The molecule has 0 radical (unpaired) electrons. The fraction of sp³-hybridized carbons (Fsp3) is 0.500. The molecule has 1 aliphatic heterocycles. The first-order chi connectivity index (χ1) is 9.56. The molecule has 1 fully saturated rings. The van der Waals surface area contributed by atoms with E-state index in [1.807, 2.05) is 0 Å². The average Bonchev–Trinajstić information content (AvgIpc) is 2.41. The third-order valence-corrected chi connectivity index (χ3v) is 4.13. The van der Waals surface area contributed by atoms with Crippen LogP contribution in [0.25, 0.3) is 0 Å². The Balaban J connectivity index is 2.26. The van der Waals surface area contributed by atoms with Gasteiger partial charge in [-0.05, 0) is 24.7 Å². The predicted octanol–water partition coefficient (Wildman–Crippen LogP) is 2.81. The molecule has 0 spiro atoms. The van der Waals surface area contributed by atoms with Crippen molar-refractivity contribution >= 4 is 23.2 Å². The summed E-state index contributed by atoms with van der Waals surface area (Å²) in [7, 11) is 3.61. The Labute approximate surface area is 129 Å². The van der Waals surface area contributed by atoms with Crippen LogP contribution in [0, 0.1) is 11.3 Å². The average molecular weight is 314 g/mol. The molecule has 0 aromatic heterocycles. The van der Waals surface area contributed by atoms with Crippen molar-refractivity contribution in [1.29, 1.82) is 5.26 Å². The number of piperazine rings is 1. The number of hydrogen-bond acceptors (Lipinski definition) is 4. The van der Waals surface area contributed by atoms with Crippen LogP contribution < -0.4 is 4.74 Å². The van der Waals surface area contributed by atoms with Crippen LogP contribution >= 0.6 is 23.2 Å². The molecule has 0 saturated carbocycles. The Hall–Kier alpha value is -0.990. The predicted molar refractivity (Wildman–Crippen MR) is 80.4 cm³/mol. The van der Waals surface area contributed by atoms with E-state index in [9.17, 15) is 5.26 Å². The van der Waals surface area contributed by atoms with Gasteiger partial charge in [0, 0.05) is 26.2 Å². The highest BCUT2D eigenvalue weighted by molar-refractivity contribution is 6.37. The van der Waals surface area contributed by atoms with E-state index in [4.69, 9.17) is 27.9 Å². The van der Waals surface area contributed by atoms with E-state index in [1.54, 1.807) is 12.1 Å². The van der Waals surface area contributed by atoms with Crippen molar-refractivity contribution in [2.24, 2.45) is 0 Å². The first-order valence-corrected chi connectivity index (χ1v) is 7.17. The van der Waals surface area contributed by atoms with E-state index >= 15 is 0 Å². The van der Waals surface area contributed by atoms with Gasteiger partial charge in [-0.1, -0.05) is 23.2 Å². The van der Waals surface area contributed by atoms with Gasteiger partial charge < -0.3 is 9.64 Å². The highest BCUT2D eigenvalue weighted by Gasteiger charge is 2.25. The van der Waals surface area contributed by atoms with E-state index in [1.165, 1.54) is 7.11 Å². The number of ether oxygens (including phenoxy) is 1. The third-order valence-electron chi connectivity index (χ3n) is 3.57. The van der Waals surface area contributed by atoms with Crippen molar-refractivity contribution in [3.8, 4) is 11.8 Å². The van der Waals surface area contributed by atoms with Gasteiger partial charge in [0.1, 0.15) is 6.04 Å². The molecular weight excluding hydrogens is 297 g/mol. The van der Waals surface area contributed by atoms with Crippen molar-refractivity contribution in [3.05, 3.63) is 27.7 Å². The highest BCUT2D eigenvalue weighted by Crippen LogP contribution is 2.36. The smallest absolute Gasteiger partial charge is 0.156 e. The summed E-state index contributed by atoms with van der Waals surface area (Å²) in [6, 6.07) is 5.54. The second-order valence-corrected chi connectivity index (χ2v) is 5.70. The van der Waals surface area contributed by atoms with Gasteiger partial charge >= 0.3 is 0 Å². The number of rotatable bonds is 3. The molecule has 20 heavy (non-hydrogen) atoms. The minimum Gasteiger partial charge on any atom is -0.494 e. The van der Waals surface area contributed by atoms with Gasteiger partial charge in [0.2, 0.25) is 0 Å². The Morgan fingerprint density at radius 3 is 2.20 bits per heavy atom. The minimum atomic E-state index is -0.329. The van der Waals surface area contributed by atoms with Crippen molar-refractivity contribution in [2.75, 3.05) is 40.3 Å². The van der Waals surface area contributed by atoms with Crippen molar-refractivity contribution in [3.63, 3.8) is 0 Å². The molecule has 0 bridgehead atoms. The topological polar surface area (TPSA) is 39.5 Å². The Morgan fingerprint density at radius 1 is 1.20 bits per heavy atom. The monoisotopic (exact) mass is 313 g/mol. The maximum atomic E-state index is 9.48. The number of benzene rings is 1. The lowest BCUT2D eigenvalue weighted by molar-refractivity contribution is 0.133. The zero-order valence-electron chi connectivity index (χ0n) is 11.6. The van der Waals surface area contributed by atoms with Crippen molar-refractivity contribution in [2.45, 2.75) is 6.04 Å². The van der Waals surface area contributed by atoms with Crippen LogP contribution in [0.5, 0.6) is 5.75 Å². The Kier molecular flexibility index (Phi) is 5.11. The molecule has 0 aliphatic carbocycles. The van der Waals surface area contributed by atoms with Gasteiger partial charge in [0.15, 0.2) is 5.75 Å². The van der Waals surface area contributed by atoms with E-state index in [-0.39, 0.29) is 6.04 Å². The Morgan fingerprint density at radius 2 is 1.75 bits per heavy atom. The number of methoxy groups -OCH3 is 1. The third kappa shape index (κ3) is 3.18. The summed E-state index contributed by atoms with van der Waals surface area (Å²) in [5.74, 6) is 0.451. The largest absolute Gasteiger partial charge is 0.494 e. The maximum absolute atomic E-state index is 9.48. The minimum absolute atomic E-state index is 0.329. The van der Waals surface area contributed by atoms with E-state index in [0.717, 1.165) is 31.7 Å². The van der Waals surface area contributed by atoms with E-state index in [0.29, 0.717) is 15.8 Å². The van der Waals surface area contributed by atoms with Crippen LogP contribution in [-0.4, -0.2) is 50.1 Å². The van der Waals surface area contributed by atoms with Gasteiger partial charge in [-0.3, -0.25) is 4.90 Å². The van der Waals surface area contributed by atoms with E-state index < -0.39 is 0 Å². The number of nitrogens with zero attached hydrogens (tertiary/aromatic N) is 3. The number of likely N-dealkylation sites (N-methyl/N-ethyl adjacent to an activating group) is 1. The summed E-state index contributed by atoms with van der Waals surface area (Å²) in [5, 5.41) is 10.4. The van der Waals surface area contributed by atoms with Crippen molar-refractivity contribution in [1.82, 2.24) is 9.80 Å². The quantitative estimate of drug-likeness (QED) is 0.860. The lowest BCUT2D eigenvalue weighted by Gasteiger charge is -2.35. The summed E-state index contributed by atoms with van der Waals surface area (Å²) in [6.45, 7) is 3.62. The molecule has 1 aromatic carbocycles. The molecule has 2 rings (SSSR count). The zero-order chi connectivity index (χ0) is 14.7. The van der Waals surface area contributed by atoms with Gasteiger partial charge in [-0.25, -0.2) is 0 Å². The molecule has 0 amide bonds. The summed E-state index contributed by atoms with van der Waals surface area (Å²) < 4.78 is 5.14. The van der Waals surface area contributed by atoms with E-state index in [2.05, 4.69) is 22.9 Å². The van der Waals surface area contributed by atoms with Crippen LogP contribution in [0.2, 0.25) is 10.0 Å². The molecule has 108 valence electrons. The molecule has 1 aliphatic rings. The second-order valence-electron chi connectivity index (χ2n) is 4.89. The molecule has 1 unspecified atom stereocenters. The lowest BCUT2D eigenvalue weighted by Crippen LogP contribution is -2.45. The van der Waals surface area contributed by atoms with Gasteiger partial charge in [-0.2, -0.15) is 5.26 Å². The van der Waals surface area contributed by atoms with Gasteiger partial charge in [0.25, 0.3) is 0 Å². The lowest BCUT2D eigenvalue weighted by atomic mass is 10.1. The highest BCUT2D eigenvalue weighted by atomic mass is 35.5. The first kappa shape index (κ1) is 15.4. The van der Waals surface area contributed by atoms with Crippen LogP contribution in [0.1, 0.15) is 11.6 Å². The van der Waals surface area contributed by atoms with Crippen LogP contribution in [0.3, 0.4) is 0 Å². The molecular formula is C14H17Cl2N3O. The zero-order valence-corrected chi connectivity index (χ0v) is 13.1. The molecule has 6 heteroatoms. The fourth-order valence-corrected chi connectivity index (χ4v) is 3.04. The number of halogens is 2. The molecule has 1 aromatic rings. The summed E-state index contributed by atoms with van der Waals surface area (Å²) in [6.07, 6.45) is 0. The normalized spacial score (nSPS) is 18.6. The number of nitriles is 1. The Bertz CT molecular complexity index is 499.